The van der Waals surface area contributed by atoms with Crippen LogP contribution in [0.5, 0.6) is 0 Å². The molecule has 21 heavy (non-hydrogen) atoms. The zero-order valence-corrected chi connectivity index (χ0v) is 13.3. The van der Waals surface area contributed by atoms with Crippen molar-refractivity contribution in [2.45, 2.75) is 32.9 Å². The molecule has 1 heterocycles. The van der Waals surface area contributed by atoms with E-state index in [4.69, 9.17) is 0 Å². The van der Waals surface area contributed by atoms with Gasteiger partial charge in [0.1, 0.15) is 6.04 Å². The average molecular weight is 289 g/mol. The maximum Gasteiger partial charge on any atom is 0.238 e. The quantitative estimate of drug-likeness (QED) is 0.868. The highest BCUT2D eigenvalue weighted by atomic mass is 16.2. The van der Waals surface area contributed by atoms with Gasteiger partial charge in [-0.2, -0.15) is 0 Å². The molecule has 2 atom stereocenters. The third-order valence-electron chi connectivity index (χ3n) is 4.07. The van der Waals surface area contributed by atoms with E-state index in [1.807, 2.05) is 13.0 Å². The Bertz CT molecular complexity index is 447. The summed E-state index contributed by atoms with van der Waals surface area (Å²) >= 11 is 0. The van der Waals surface area contributed by atoms with Crippen molar-refractivity contribution in [2.24, 2.45) is 5.92 Å². The first-order chi connectivity index (χ1) is 10.1. The molecule has 2 unspecified atom stereocenters. The molecule has 1 amide bonds. The zero-order valence-electron chi connectivity index (χ0n) is 13.3. The summed E-state index contributed by atoms with van der Waals surface area (Å²) in [6.45, 7) is 9.67. The molecule has 1 aliphatic heterocycles. The summed E-state index contributed by atoms with van der Waals surface area (Å²) in [5.74, 6) is 0.591. The Morgan fingerprint density at radius 3 is 2.71 bits per heavy atom. The predicted octanol–water partition coefficient (Wildman–Crippen LogP) is 1.79. The fourth-order valence-electron chi connectivity index (χ4n) is 3.20. The van der Waals surface area contributed by atoms with Crippen molar-refractivity contribution in [1.29, 1.82) is 0 Å². The molecule has 0 radical (unpaired) electrons. The van der Waals surface area contributed by atoms with Gasteiger partial charge in [0.05, 0.1) is 0 Å². The molecule has 4 heteroatoms. The van der Waals surface area contributed by atoms with Crippen LogP contribution in [0.3, 0.4) is 0 Å². The first kappa shape index (κ1) is 16.0. The van der Waals surface area contributed by atoms with Crippen LogP contribution in [0.25, 0.3) is 0 Å². The first-order valence-electron chi connectivity index (χ1n) is 7.94. The molecule has 0 spiro atoms. The number of rotatable bonds is 5. The maximum absolute atomic E-state index is 12.4. The number of hydrogen-bond donors (Lipinski definition) is 2. The summed E-state index contributed by atoms with van der Waals surface area (Å²) in [5.41, 5.74) is 1.30. The van der Waals surface area contributed by atoms with Crippen LogP contribution in [0.4, 0.5) is 0 Å². The van der Waals surface area contributed by atoms with E-state index in [1.54, 1.807) is 0 Å². The zero-order chi connectivity index (χ0) is 15.2. The van der Waals surface area contributed by atoms with Gasteiger partial charge >= 0.3 is 0 Å². The topological polar surface area (TPSA) is 44.4 Å². The molecule has 4 nitrogen and oxygen atoms in total. The number of nitrogens with zero attached hydrogens (tertiary/aromatic N) is 1. The van der Waals surface area contributed by atoms with E-state index in [2.05, 4.69) is 53.6 Å². The number of piperazine rings is 1. The lowest BCUT2D eigenvalue weighted by Crippen LogP contribution is -2.59. The third-order valence-corrected chi connectivity index (χ3v) is 4.07. The molecule has 1 aliphatic rings. The molecular weight excluding hydrogens is 262 g/mol. The van der Waals surface area contributed by atoms with Crippen LogP contribution < -0.4 is 10.6 Å². The summed E-state index contributed by atoms with van der Waals surface area (Å²) in [6, 6.07) is 10.7. The van der Waals surface area contributed by atoms with E-state index in [0.29, 0.717) is 12.5 Å². The Hall–Kier alpha value is -1.39. The average Bonchev–Trinajstić information content (AvgIpc) is 2.49. The van der Waals surface area contributed by atoms with Gasteiger partial charge in [0.2, 0.25) is 5.91 Å². The molecular formula is C17H27N3O. The second kappa shape index (κ2) is 7.57. The molecule has 2 rings (SSSR count). The molecule has 1 aromatic carbocycles. The van der Waals surface area contributed by atoms with Gasteiger partial charge in [-0.25, -0.2) is 0 Å². The van der Waals surface area contributed by atoms with Crippen molar-refractivity contribution >= 4 is 5.91 Å². The van der Waals surface area contributed by atoms with Crippen LogP contribution in [0.2, 0.25) is 0 Å². The largest absolute Gasteiger partial charge is 0.355 e. The SMILES string of the molecule is CCNC(=O)C1CNCCN1C(c1ccccc1)C(C)C. The monoisotopic (exact) mass is 289 g/mol. The Morgan fingerprint density at radius 1 is 1.38 bits per heavy atom. The number of amides is 1. The molecule has 0 saturated carbocycles. The molecule has 2 N–H and O–H groups in total. The Balaban J connectivity index is 2.26. The molecule has 1 aromatic rings. The van der Waals surface area contributed by atoms with Crippen molar-refractivity contribution < 1.29 is 4.79 Å². The fraction of sp³-hybridized carbons (Fsp3) is 0.588. The number of benzene rings is 1. The van der Waals surface area contributed by atoms with Gasteiger partial charge in [-0.3, -0.25) is 9.69 Å². The molecule has 0 bridgehead atoms. The molecule has 0 aliphatic carbocycles. The predicted molar refractivity (Wildman–Crippen MR) is 86.1 cm³/mol. The molecule has 116 valence electrons. The maximum atomic E-state index is 12.4. The summed E-state index contributed by atoms with van der Waals surface area (Å²) in [6.07, 6.45) is 0. The number of likely N-dealkylation sites (N-methyl/N-ethyl adjacent to an activating group) is 1. The van der Waals surface area contributed by atoms with Crippen LogP contribution in [-0.4, -0.2) is 43.0 Å². The lowest BCUT2D eigenvalue weighted by Gasteiger charge is -2.42. The van der Waals surface area contributed by atoms with Crippen LogP contribution >= 0.6 is 0 Å². The number of nitrogens with one attached hydrogen (secondary N) is 2. The van der Waals surface area contributed by atoms with Gasteiger partial charge < -0.3 is 10.6 Å². The lowest BCUT2D eigenvalue weighted by atomic mass is 9.92. The minimum atomic E-state index is -0.0914. The van der Waals surface area contributed by atoms with Crippen molar-refractivity contribution in [2.75, 3.05) is 26.2 Å². The van der Waals surface area contributed by atoms with E-state index in [1.165, 1.54) is 5.56 Å². The van der Waals surface area contributed by atoms with Gasteiger partial charge in [0.25, 0.3) is 0 Å². The number of hydrogen-bond acceptors (Lipinski definition) is 3. The summed E-state index contributed by atoms with van der Waals surface area (Å²) in [5, 5.41) is 6.32. The van der Waals surface area contributed by atoms with E-state index < -0.39 is 0 Å². The standard InChI is InChI=1S/C17H27N3O/c1-4-19-17(21)15-12-18-10-11-20(15)16(13(2)3)14-8-6-5-7-9-14/h5-9,13,15-16,18H,4,10-12H2,1-3H3,(H,19,21). The van der Waals surface area contributed by atoms with Crippen molar-refractivity contribution in [3.05, 3.63) is 35.9 Å². The highest BCUT2D eigenvalue weighted by molar-refractivity contribution is 5.82. The Morgan fingerprint density at radius 2 is 2.10 bits per heavy atom. The minimum Gasteiger partial charge on any atom is -0.355 e. The smallest absolute Gasteiger partial charge is 0.238 e. The first-order valence-corrected chi connectivity index (χ1v) is 7.94. The van der Waals surface area contributed by atoms with E-state index in [-0.39, 0.29) is 18.0 Å². The van der Waals surface area contributed by atoms with Crippen LogP contribution in [0, 0.1) is 5.92 Å². The van der Waals surface area contributed by atoms with E-state index in [9.17, 15) is 4.79 Å². The van der Waals surface area contributed by atoms with Gasteiger partial charge in [0, 0.05) is 32.2 Å². The van der Waals surface area contributed by atoms with Gasteiger partial charge in [0.15, 0.2) is 0 Å². The van der Waals surface area contributed by atoms with Crippen LogP contribution in [0.1, 0.15) is 32.4 Å². The van der Waals surface area contributed by atoms with Gasteiger partial charge in [-0.1, -0.05) is 44.2 Å². The third kappa shape index (κ3) is 3.83. The lowest BCUT2D eigenvalue weighted by molar-refractivity contribution is -0.128. The minimum absolute atomic E-state index is 0.0914. The number of carbonyl (C=O) groups excluding carboxylic acids is 1. The summed E-state index contributed by atoms with van der Waals surface area (Å²) in [7, 11) is 0. The van der Waals surface area contributed by atoms with Gasteiger partial charge in [-0.15, -0.1) is 0 Å². The van der Waals surface area contributed by atoms with Crippen molar-refractivity contribution in [1.82, 2.24) is 15.5 Å². The van der Waals surface area contributed by atoms with Crippen molar-refractivity contribution in [3.63, 3.8) is 0 Å². The number of carbonyl (C=O) groups is 1. The van der Waals surface area contributed by atoms with Gasteiger partial charge in [-0.05, 0) is 18.4 Å². The normalized spacial score (nSPS) is 21.2. The second-order valence-electron chi connectivity index (χ2n) is 5.95. The summed E-state index contributed by atoms with van der Waals surface area (Å²) in [4.78, 5) is 14.7. The van der Waals surface area contributed by atoms with E-state index in [0.717, 1.165) is 19.6 Å². The summed E-state index contributed by atoms with van der Waals surface area (Å²) < 4.78 is 0. The highest BCUT2D eigenvalue weighted by Crippen LogP contribution is 2.30. The second-order valence-corrected chi connectivity index (χ2v) is 5.95. The highest BCUT2D eigenvalue weighted by Gasteiger charge is 2.35. The molecule has 0 aromatic heterocycles. The van der Waals surface area contributed by atoms with E-state index >= 15 is 0 Å². The van der Waals surface area contributed by atoms with Crippen molar-refractivity contribution in [3.8, 4) is 0 Å². The Kier molecular flexibility index (Phi) is 5.76. The Labute approximate surface area is 127 Å². The van der Waals surface area contributed by atoms with Crippen LogP contribution in [-0.2, 0) is 4.79 Å². The fourth-order valence-corrected chi connectivity index (χ4v) is 3.20. The molecule has 1 saturated heterocycles. The molecule has 1 fully saturated rings. The van der Waals surface area contributed by atoms with Crippen LogP contribution in [0.15, 0.2) is 30.3 Å².